The van der Waals surface area contributed by atoms with E-state index in [0.717, 1.165) is 5.56 Å². The number of nitrogens with zero attached hydrogens (tertiary/aromatic N) is 3. The fourth-order valence-corrected chi connectivity index (χ4v) is 4.41. The summed E-state index contributed by atoms with van der Waals surface area (Å²) >= 11 is 5.63. The number of hydrogen-bond acceptors (Lipinski definition) is 6. The first kappa shape index (κ1) is 22.1. The number of hydrogen-bond donors (Lipinski definition) is 1. The number of amides is 1. The third-order valence-corrected chi connectivity index (χ3v) is 6.07. The molecule has 0 aromatic heterocycles. The van der Waals surface area contributed by atoms with Crippen LogP contribution >= 0.6 is 12.2 Å². The number of benzene rings is 2. The summed E-state index contributed by atoms with van der Waals surface area (Å²) in [5.74, 6) is -0.920. The van der Waals surface area contributed by atoms with Crippen LogP contribution in [0.1, 0.15) is 25.0 Å². The summed E-state index contributed by atoms with van der Waals surface area (Å²) < 4.78 is 25.6. The van der Waals surface area contributed by atoms with Crippen LogP contribution in [-0.2, 0) is 9.53 Å². The summed E-state index contributed by atoms with van der Waals surface area (Å²) in [4.78, 5) is 16.3. The molecule has 166 valence electrons. The van der Waals surface area contributed by atoms with Crippen LogP contribution in [0, 0.1) is 24.1 Å². The molecule has 4 rings (SSSR count). The first-order valence-electron chi connectivity index (χ1n) is 10.1. The lowest BCUT2D eigenvalue weighted by Gasteiger charge is -2.29. The molecular formula is C23H22FN3O4S. The lowest BCUT2D eigenvalue weighted by atomic mass is 10.0. The van der Waals surface area contributed by atoms with Gasteiger partial charge in [-0.15, -0.1) is 0 Å². The van der Waals surface area contributed by atoms with Crippen LogP contribution < -0.4 is 14.5 Å². The van der Waals surface area contributed by atoms with Crippen molar-refractivity contribution in [2.24, 2.45) is 0 Å². The van der Waals surface area contributed by atoms with E-state index in [1.807, 2.05) is 0 Å². The van der Waals surface area contributed by atoms with Crippen molar-refractivity contribution >= 4 is 34.6 Å². The van der Waals surface area contributed by atoms with Gasteiger partial charge in [0.2, 0.25) is 0 Å². The predicted octanol–water partition coefficient (Wildman–Crippen LogP) is 3.06. The molecule has 0 bridgehead atoms. The zero-order chi connectivity index (χ0) is 23.2. The fourth-order valence-electron chi connectivity index (χ4n) is 3.89. The minimum Gasteiger partial charge on any atom is -0.482 e. The summed E-state index contributed by atoms with van der Waals surface area (Å²) in [5.41, 5.74) is 1.11. The van der Waals surface area contributed by atoms with E-state index in [-0.39, 0.29) is 30.0 Å². The van der Waals surface area contributed by atoms with Crippen LogP contribution in [-0.4, -0.2) is 47.1 Å². The lowest BCUT2D eigenvalue weighted by Crippen LogP contribution is -2.44. The van der Waals surface area contributed by atoms with Gasteiger partial charge < -0.3 is 19.5 Å². The second kappa shape index (κ2) is 8.13. The Labute approximate surface area is 190 Å². The molecule has 0 aliphatic carbocycles. The number of halogens is 1. The molecule has 2 aromatic rings. The summed E-state index contributed by atoms with van der Waals surface area (Å²) in [6.45, 7) is 5.54. The van der Waals surface area contributed by atoms with E-state index in [2.05, 4.69) is 6.07 Å². The smallest absolute Gasteiger partial charge is 0.259 e. The molecule has 9 heteroatoms. The summed E-state index contributed by atoms with van der Waals surface area (Å²) in [6.07, 6.45) is -1.46. The minimum atomic E-state index is -1.07. The van der Waals surface area contributed by atoms with E-state index in [9.17, 15) is 19.6 Å². The van der Waals surface area contributed by atoms with Gasteiger partial charge in [0.15, 0.2) is 22.8 Å². The van der Waals surface area contributed by atoms with Gasteiger partial charge in [-0.1, -0.05) is 0 Å². The van der Waals surface area contributed by atoms with Crippen molar-refractivity contribution in [2.45, 2.75) is 38.5 Å². The quantitative estimate of drug-likeness (QED) is 0.709. The number of aliphatic hydroxyl groups is 1. The molecule has 1 amide bonds. The van der Waals surface area contributed by atoms with E-state index in [1.165, 1.54) is 17.0 Å². The molecule has 2 saturated heterocycles. The van der Waals surface area contributed by atoms with E-state index in [4.69, 9.17) is 21.7 Å². The molecule has 2 aromatic carbocycles. The normalized spacial score (nSPS) is 22.4. The number of nitriles is 1. The first-order valence-corrected chi connectivity index (χ1v) is 10.5. The minimum absolute atomic E-state index is 0.0166. The molecule has 0 radical (unpaired) electrons. The highest BCUT2D eigenvalue weighted by molar-refractivity contribution is 7.81. The predicted molar refractivity (Wildman–Crippen MR) is 120 cm³/mol. The van der Waals surface area contributed by atoms with Crippen LogP contribution in [0.25, 0.3) is 0 Å². The second-order valence-electron chi connectivity index (χ2n) is 8.30. The van der Waals surface area contributed by atoms with Crippen LogP contribution in [0.4, 0.5) is 15.8 Å². The average Bonchev–Trinajstić information content (AvgIpc) is 3.21. The molecule has 7 nitrogen and oxygen atoms in total. The fraction of sp³-hybridized carbons (Fsp3) is 0.348. The monoisotopic (exact) mass is 455 g/mol. The topological polar surface area (TPSA) is 86.0 Å². The molecule has 1 unspecified atom stereocenters. The first-order chi connectivity index (χ1) is 15.1. The standard InChI is InChI=1S/C23H22FN3O4S/c1-13-8-15(5-4-14(13)10-25)26-21(29)23(2,3)27(22(26)32)16-6-7-19(17(24)9-16)31-20-12-30-11-18(20)28/h4-9,18,20,28H,11-12H2,1-3H3/t18-,20?/m0/s1. The maximum Gasteiger partial charge on any atom is 0.259 e. The van der Waals surface area contributed by atoms with Gasteiger partial charge in [0, 0.05) is 11.8 Å². The number of aliphatic hydroxyl groups excluding tert-OH is 1. The number of ether oxygens (including phenoxy) is 2. The highest BCUT2D eigenvalue weighted by Crippen LogP contribution is 2.38. The molecule has 2 atom stereocenters. The molecule has 0 spiro atoms. The van der Waals surface area contributed by atoms with Crippen LogP contribution in [0.3, 0.4) is 0 Å². The Morgan fingerprint density at radius 3 is 2.56 bits per heavy atom. The number of anilines is 2. The van der Waals surface area contributed by atoms with Gasteiger partial charge in [-0.25, -0.2) is 4.39 Å². The van der Waals surface area contributed by atoms with Gasteiger partial charge >= 0.3 is 0 Å². The average molecular weight is 456 g/mol. The summed E-state index contributed by atoms with van der Waals surface area (Å²) in [5, 5.41) is 19.2. The Morgan fingerprint density at radius 1 is 1.25 bits per heavy atom. The van der Waals surface area contributed by atoms with E-state index in [1.54, 1.807) is 49.9 Å². The zero-order valence-corrected chi connectivity index (χ0v) is 18.6. The Balaban J connectivity index is 1.65. The Bertz CT molecular complexity index is 1150. The van der Waals surface area contributed by atoms with Gasteiger partial charge in [0.25, 0.3) is 5.91 Å². The Kier molecular flexibility index (Phi) is 5.63. The van der Waals surface area contributed by atoms with Crippen molar-refractivity contribution in [2.75, 3.05) is 23.0 Å². The third kappa shape index (κ3) is 3.60. The van der Waals surface area contributed by atoms with Gasteiger partial charge in [0.05, 0.1) is 30.5 Å². The summed E-state index contributed by atoms with van der Waals surface area (Å²) in [6, 6.07) is 11.5. The van der Waals surface area contributed by atoms with Crippen LogP contribution in [0.2, 0.25) is 0 Å². The third-order valence-electron chi connectivity index (χ3n) is 5.71. The maximum absolute atomic E-state index is 14.9. The molecule has 0 saturated carbocycles. The molecule has 2 fully saturated rings. The number of carbonyl (C=O) groups is 1. The van der Waals surface area contributed by atoms with Crippen molar-refractivity contribution in [3.63, 3.8) is 0 Å². The van der Waals surface area contributed by atoms with Gasteiger partial charge in [0.1, 0.15) is 11.6 Å². The highest BCUT2D eigenvalue weighted by atomic mass is 32.1. The number of thiocarbonyl (C=S) groups is 1. The van der Waals surface area contributed by atoms with Crippen LogP contribution in [0.15, 0.2) is 36.4 Å². The van der Waals surface area contributed by atoms with Crippen molar-refractivity contribution in [3.8, 4) is 11.8 Å². The lowest BCUT2D eigenvalue weighted by molar-refractivity contribution is -0.120. The van der Waals surface area contributed by atoms with Gasteiger partial charge in [-0.3, -0.25) is 9.69 Å². The largest absolute Gasteiger partial charge is 0.482 e. The molecule has 1 N–H and O–H groups in total. The van der Waals surface area contributed by atoms with E-state index < -0.39 is 23.6 Å². The molecule has 2 aliphatic heterocycles. The van der Waals surface area contributed by atoms with Crippen LogP contribution in [0.5, 0.6) is 5.75 Å². The van der Waals surface area contributed by atoms with E-state index >= 15 is 0 Å². The molecular weight excluding hydrogens is 433 g/mol. The zero-order valence-electron chi connectivity index (χ0n) is 17.8. The van der Waals surface area contributed by atoms with Crippen molar-refractivity contribution in [1.82, 2.24) is 0 Å². The Morgan fingerprint density at radius 2 is 1.97 bits per heavy atom. The van der Waals surface area contributed by atoms with E-state index in [0.29, 0.717) is 16.9 Å². The highest BCUT2D eigenvalue weighted by Gasteiger charge is 2.50. The van der Waals surface area contributed by atoms with Crippen molar-refractivity contribution in [1.29, 1.82) is 5.26 Å². The Hall–Kier alpha value is -3.06. The second-order valence-corrected chi connectivity index (χ2v) is 8.67. The van der Waals surface area contributed by atoms with Gasteiger partial charge in [-0.2, -0.15) is 5.26 Å². The number of carbonyl (C=O) groups excluding carboxylic acids is 1. The van der Waals surface area contributed by atoms with Gasteiger partial charge in [-0.05, 0) is 68.9 Å². The van der Waals surface area contributed by atoms with Crippen molar-refractivity contribution < 1.29 is 23.8 Å². The maximum atomic E-state index is 14.9. The number of aryl methyl sites for hydroxylation is 1. The number of rotatable bonds is 4. The molecule has 2 aliphatic rings. The summed E-state index contributed by atoms with van der Waals surface area (Å²) in [7, 11) is 0. The molecule has 2 heterocycles. The van der Waals surface area contributed by atoms with Crippen molar-refractivity contribution in [3.05, 3.63) is 53.3 Å². The SMILES string of the molecule is Cc1cc(N2C(=O)C(C)(C)N(c3ccc(OC4COC[C@@H]4O)c(F)c3)C2=S)ccc1C#N. The molecule has 32 heavy (non-hydrogen) atoms.